The molecule has 27 heavy (non-hydrogen) atoms. The zero-order valence-corrected chi connectivity index (χ0v) is 15.7. The number of ether oxygens (including phenoxy) is 1. The highest BCUT2D eigenvalue weighted by atomic mass is 16.5. The van der Waals surface area contributed by atoms with E-state index in [-0.39, 0.29) is 11.9 Å². The molecule has 0 aromatic heterocycles. The van der Waals surface area contributed by atoms with Crippen LogP contribution in [0.3, 0.4) is 0 Å². The second kappa shape index (κ2) is 8.49. The Morgan fingerprint density at radius 1 is 1.19 bits per heavy atom. The number of nitrogens with zero attached hydrogens (tertiary/aromatic N) is 2. The molecule has 8 nitrogen and oxygen atoms in total. The SMILES string of the molecule is CC(C)N1C(=O)[C@@H](NC(=O)C(=O)NCCN2CCOCC2)c2ccccc21. The van der Waals surface area contributed by atoms with Crippen LogP contribution in [0.2, 0.25) is 0 Å². The van der Waals surface area contributed by atoms with Gasteiger partial charge in [0.1, 0.15) is 6.04 Å². The summed E-state index contributed by atoms with van der Waals surface area (Å²) in [5.41, 5.74) is 1.49. The molecule has 0 saturated carbocycles. The van der Waals surface area contributed by atoms with Crippen LogP contribution >= 0.6 is 0 Å². The van der Waals surface area contributed by atoms with Crippen molar-refractivity contribution >= 4 is 23.4 Å². The summed E-state index contributed by atoms with van der Waals surface area (Å²) < 4.78 is 5.27. The normalized spacial score (nSPS) is 19.9. The molecular formula is C19H26N4O4. The van der Waals surface area contributed by atoms with Crippen LogP contribution in [-0.4, -0.2) is 68.1 Å². The molecule has 146 valence electrons. The van der Waals surface area contributed by atoms with E-state index in [1.807, 2.05) is 32.0 Å². The number of carbonyl (C=O) groups excluding carboxylic acids is 3. The van der Waals surface area contributed by atoms with Crippen molar-refractivity contribution in [3.63, 3.8) is 0 Å². The van der Waals surface area contributed by atoms with E-state index in [1.165, 1.54) is 0 Å². The second-order valence-electron chi connectivity index (χ2n) is 6.98. The number of nitrogens with one attached hydrogen (secondary N) is 2. The highest BCUT2D eigenvalue weighted by Crippen LogP contribution is 2.36. The molecule has 1 aromatic rings. The standard InChI is InChI=1S/C19H26N4O4/c1-13(2)23-15-6-4-3-5-14(15)16(19(23)26)21-18(25)17(24)20-7-8-22-9-11-27-12-10-22/h3-6,13,16H,7-12H2,1-2H3,(H,20,24)(H,21,25)/t16-/m0/s1. The van der Waals surface area contributed by atoms with E-state index >= 15 is 0 Å². The molecule has 3 rings (SSSR count). The maximum Gasteiger partial charge on any atom is 0.310 e. The van der Waals surface area contributed by atoms with Crippen LogP contribution in [-0.2, 0) is 19.1 Å². The number of rotatable bonds is 5. The van der Waals surface area contributed by atoms with Crippen LogP contribution in [0, 0.1) is 0 Å². The fourth-order valence-electron chi connectivity index (χ4n) is 3.44. The topological polar surface area (TPSA) is 91.0 Å². The number of amides is 3. The number of benzene rings is 1. The molecule has 0 unspecified atom stereocenters. The minimum atomic E-state index is -0.832. The van der Waals surface area contributed by atoms with Crippen molar-refractivity contribution in [1.29, 1.82) is 0 Å². The zero-order chi connectivity index (χ0) is 19.4. The molecule has 2 aliphatic rings. The summed E-state index contributed by atoms with van der Waals surface area (Å²) in [5, 5.41) is 5.20. The largest absolute Gasteiger partial charge is 0.379 e. The lowest BCUT2D eigenvalue weighted by Gasteiger charge is -2.26. The van der Waals surface area contributed by atoms with Crippen molar-refractivity contribution in [2.75, 3.05) is 44.3 Å². The van der Waals surface area contributed by atoms with Gasteiger partial charge >= 0.3 is 11.8 Å². The predicted octanol–water partition coefficient (Wildman–Crippen LogP) is 0.0473. The Hall–Kier alpha value is -2.45. The first-order valence-corrected chi connectivity index (χ1v) is 9.30. The average Bonchev–Trinajstić information content (AvgIpc) is 2.94. The van der Waals surface area contributed by atoms with Crippen LogP contribution < -0.4 is 15.5 Å². The molecule has 1 saturated heterocycles. The van der Waals surface area contributed by atoms with E-state index in [1.54, 1.807) is 11.0 Å². The van der Waals surface area contributed by atoms with Crippen LogP contribution in [0.4, 0.5) is 5.69 Å². The zero-order valence-electron chi connectivity index (χ0n) is 15.7. The van der Waals surface area contributed by atoms with E-state index < -0.39 is 17.9 Å². The third-order valence-electron chi connectivity index (χ3n) is 4.81. The number of anilines is 1. The highest BCUT2D eigenvalue weighted by molar-refractivity contribution is 6.35. The summed E-state index contributed by atoms with van der Waals surface area (Å²) in [5.74, 6) is -1.74. The van der Waals surface area contributed by atoms with Gasteiger partial charge in [0, 0.05) is 43.5 Å². The third kappa shape index (κ3) is 4.28. The molecule has 3 amide bonds. The monoisotopic (exact) mass is 374 g/mol. The highest BCUT2D eigenvalue weighted by Gasteiger charge is 2.39. The first kappa shape index (κ1) is 19.3. The smallest absolute Gasteiger partial charge is 0.310 e. The van der Waals surface area contributed by atoms with E-state index in [0.29, 0.717) is 31.9 Å². The summed E-state index contributed by atoms with van der Waals surface area (Å²) in [7, 11) is 0. The molecule has 2 aliphatic heterocycles. The van der Waals surface area contributed by atoms with Crippen molar-refractivity contribution in [1.82, 2.24) is 15.5 Å². The van der Waals surface area contributed by atoms with Crippen molar-refractivity contribution in [3.05, 3.63) is 29.8 Å². The van der Waals surface area contributed by atoms with Crippen LogP contribution in [0.25, 0.3) is 0 Å². The van der Waals surface area contributed by atoms with Gasteiger partial charge in [0.15, 0.2) is 0 Å². The van der Waals surface area contributed by atoms with Gasteiger partial charge in [-0.05, 0) is 19.9 Å². The fourth-order valence-corrected chi connectivity index (χ4v) is 3.44. The summed E-state index contributed by atoms with van der Waals surface area (Å²) in [4.78, 5) is 41.0. The number of morpholine rings is 1. The van der Waals surface area contributed by atoms with E-state index in [2.05, 4.69) is 15.5 Å². The Morgan fingerprint density at radius 3 is 2.59 bits per heavy atom. The Kier molecular flexibility index (Phi) is 6.08. The van der Waals surface area contributed by atoms with Gasteiger partial charge in [0.2, 0.25) is 0 Å². The molecule has 8 heteroatoms. The van der Waals surface area contributed by atoms with Gasteiger partial charge in [0.05, 0.1) is 13.2 Å². The minimum absolute atomic E-state index is 0.0390. The van der Waals surface area contributed by atoms with Crippen molar-refractivity contribution in [3.8, 4) is 0 Å². The minimum Gasteiger partial charge on any atom is -0.379 e. The lowest BCUT2D eigenvalue weighted by atomic mass is 10.1. The molecule has 1 fully saturated rings. The Balaban J connectivity index is 1.56. The maximum absolute atomic E-state index is 12.7. The molecule has 0 spiro atoms. The first-order valence-electron chi connectivity index (χ1n) is 9.30. The van der Waals surface area contributed by atoms with Gasteiger partial charge in [0.25, 0.3) is 5.91 Å². The van der Waals surface area contributed by atoms with Gasteiger partial charge in [-0.25, -0.2) is 0 Å². The molecule has 2 N–H and O–H groups in total. The molecule has 2 heterocycles. The Labute approximate surface area is 158 Å². The van der Waals surface area contributed by atoms with Crippen LogP contribution in [0.5, 0.6) is 0 Å². The number of hydrogen-bond acceptors (Lipinski definition) is 5. The van der Waals surface area contributed by atoms with Gasteiger partial charge < -0.3 is 20.3 Å². The lowest BCUT2D eigenvalue weighted by Crippen LogP contribution is -2.47. The van der Waals surface area contributed by atoms with Gasteiger partial charge in [-0.3, -0.25) is 19.3 Å². The van der Waals surface area contributed by atoms with Crippen LogP contribution in [0.15, 0.2) is 24.3 Å². The summed E-state index contributed by atoms with van der Waals surface area (Å²) in [6.07, 6.45) is 0. The van der Waals surface area contributed by atoms with Crippen molar-refractivity contribution in [2.45, 2.75) is 25.9 Å². The molecule has 0 bridgehead atoms. The predicted molar refractivity (Wildman–Crippen MR) is 100 cm³/mol. The van der Waals surface area contributed by atoms with Gasteiger partial charge in [-0.15, -0.1) is 0 Å². The third-order valence-corrected chi connectivity index (χ3v) is 4.81. The fraction of sp³-hybridized carbons (Fsp3) is 0.526. The van der Waals surface area contributed by atoms with E-state index in [0.717, 1.165) is 18.8 Å². The second-order valence-corrected chi connectivity index (χ2v) is 6.98. The molecular weight excluding hydrogens is 348 g/mol. The molecule has 0 radical (unpaired) electrons. The molecule has 1 atom stereocenters. The number of carbonyl (C=O) groups is 3. The summed E-state index contributed by atoms with van der Waals surface area (Å²) in [6.45, 7) is 7.87. The van der Waals surface area contributed by atoms with E-state index in [4.69, 9.17) is 4.74 Å². The number of fused-ring (bicyclic) bond motifs is 1. The number of para-hydroxylation sites is 1. The van der Waals surface area contributed by atoms with Crippen LogP contribution in [0.1, 0.15) is 25.5 Å². The average molecular weight is 374 g/mol. The maximum atomic E-state index is 12.7. The Bertz CT molecular complexity index is 715. The first-order chi connectivity index (χ1) is 13.0. The number of hydrogen-bond donors (Lipinski definition) is 2. The lowest BCUT2D eigenvalue weighted by molar-refractivity contribution is -0.140. The van der Waals surface area contributed by atoms with Crippen molar-refractivity contribution < 1.29 is 19.1 Å². The van der Waals surface area contributed by atoms with Crippen molar-refractivity contribution in [2.24, 2.45) is 0 Å². The summed E-state index contributed by atoms with van der Waals surface area (Å²) >= 11 is 0. The quantitative estimate of drug-likeness (QED) is 0.711. The molecule has 0 aliphatic carbocycles. The van der Waals surface area contributed by atoms with E-state index in [9.17, 15) is 14.4 Å². The Morgan fingerprint density at radius 2 is 1.89 bits per heavy atom. The molecule has 1 aromatic carbocycles. The van der Waals surface area contributed by atoms with Gasteiger partial charge in [-0.1, -0.05) is 18.2 Å². The van der Waals surface area contributed by atoms with Gasteiger partial charge in [-0.2, -0.15) is 0 Å². The summed E-state index contributed by atoms with van der Waals surface area (Å²) in [6, 6.07) is 6.45.